The maximum absolute atomic E-state index is 14.9. The van der Waals surface area contributed by atoms with Crippen LogP contribution in [0, 0.1) is 23.1 Å². The normalized spacial score (nSPS) is 28.0. The summed E-state index contributed by atoms with van der Waals surface area (Å²) in [5.74, 6) is 1.69. The maximum atomic E-state index is 14.9. The molecule has 3 saturated carbocycles. The first-order chi connectivity index (χ1) is 16.4. The topological polar surface area (TPSA) is 61.8 Å². The van der Waals surface area contributed by atoms with Crippen LogP contribution in [0.15, 0.2) is 18.2 Å². The van der Waals surface area contributed by atoms with E-state index in [0.717, 1.165) is 58.0 Å². The van der Waals surface area contributed by atoms with E-state index < -0.39 is 0 Å². The van der Waals surface area contributed by atoms with Gasteiger partial charge in [-0.25, -0.2) is 4.39 Å². The van der Waals surface area contributed by atoms with Gasteiger partial charge in [-0.3, -0.25) is 9.59 Å². The molecule has 0 radical (unpaired) electrons. The summed E-state index contributed by atoms with van der Waals surface area (Å²) in [6.45, 7) is 5.10. The van der Waals surface area contributed by atoms with Crippen LogP contribution in [0.2, 0.25) is 0 Å². The van der Waals surface area contributed by atoms with Crippen molar-refractivity contribution in [2.24, 2.45) is 17.3 Å². The second-order valence-electron chi connectivity index (χ2n) is 10.8. The minimum Gasteiger partial charge on any atom is -0.492 e. The van der Waals surface area contributed by atoms with Gasteiger partial charge in [0.2, 0.25) is 0 Å². The van der Waals surface area contributed by atoms with Gasteiger partial charge >= 0.3 is 0 Å². The number of carbonyl (C=O) groups is 2. The lowest BCUT2D eigenvalue weighted by atomic mass is 9.82. The van der Waals surface area contributed by atoms with Gasteiger partial charge in [0.1, 0.15) is 30.6 Å². The molecule has 188 valence electrons. The quantitative estimate of drug-likeness (QED) is 0.392. The number of ether oxygens (including phenoxy) is 3. The molecular formula is C28H39FO5. The van der Waals surface area contributed by atoms with Gasteiger partial charge < -0.3 is 14.2 Å². The Bertz CT molecular complexity index is 856. The zero-order valence-electron chi connectivity index (χ0n) is 20.7. The van der Waals surface area contributed by atoms with Crippen LogP contribution in [-0.2, 0) is 19.1 Å². The van der Waals surface area contributed by atoms with E-state index in [0.29, 0.717) is 36.4 Å². The van der Waals surface area contributed by atoms with Crippen molar-refractivity contribution in [3.63, 3.8) is 0 Å². The van der Waals surface area contributed by atoms with Crippen LogP contribution in [0.1, 0.15) is 83.1 Å². The van der Waals surface area contributed by atoms with Crippen molar-refractivity contribution in [2.45, 2.75) is 83.7 Å². The van der Waals surface area contributed by atoms with Crippen molar-refractivity contribution in [2.75, 3.05) is 26.4 Å². The number of hydrogen-bond donors (Lipinski definition) is 0. The Hall–Kier alpha value is -1.79. The van der Waals surface area contributed by atoms with Gasteiger partial charge in [0.05, 0.1) is 24.7 Å². The van der Waals surface area contributed by atoms with Gasteiger partial charge in [-0.15, -0.1) is 0 Å². The van der Waals surface area contributed by atoms with E-state index in [1.54, 1.807) is 19.9 Å². The van der Waals surface area contributed by atoms with Crippen LogP contribution in [0.25, 0.3) is 0 Å². The summed E-state index contributed by atoms with van der Waals surface area (Å²) in [6.07, 6.45) is 8.98. The average Bonchev–Trinajstić information content (AvgIpc) is 3.49. The molecule has 5 nitrogen and oxygen atoms in total. The van der Waals surface area contributed by atoms with Crippen molar-refractivity contribution in [3.05, 3.63) is 29.6 Å². The van der Waals surface area contributed by atoms with Gasteiger partial charge in [-0.05, 0) is 95.1 Å². The molecule has 0 bridgehead atoms. The molecule has 0 unspecified atom stereocenters. The van der Waals surface area contributed by atoms with Crippen molar-refractivity contribution in [1.29, 1.82) is 0 Å². The number of ketones is 2. The zero-order valence-corrected chi connectivity index (χ0v) is 20.7. The number of benzene rings is 1. The molecule has 0 spiro atoms. The summed E-state index contributed by atoms with van der Waals surface area (Å²) in [4.78, 5) is 23.0. The van der Waals surface area contributed by atoms with Crippen LogP contribution >= 0.6 is 0 Å². The van der Waals surface area contributed by atoms with Crippen molar-refractivity contribution in [1.82, 2.24) is 0 Å². The molecule has 3 aliphatic carbocycles. The van der Waals surface area contributed by atoms with E-state index in [4.69, 9.17) is 14.2 Å². The number of carbonyl (C=O) groups excluding carboxylic acids is 2. The SMILES string of the molecule is CC(=O)COC[C@@H]1CCC[C@H]1COC1CCC(c2c(F)cccc2OCC2(C(C)=O)CC2)CC1. The monoisotopic (exact) mass is 474 g/mol. The minimum atomic E-state index is -0.357. The molecule has 1 aromatic rings. The smallest absolute Gasteiger partial charge is 0.155 e. The third-order valence-corrected chi connectivity index (χ3v) is 8.20. The molecule has 3 fully saturated rings. The molecule has 6 heteroatoms. The molecule has 3 aliphatic rings. The van der Waals surface area contributed by atoms with Gasteiger partial charge in [0.25, 0.3) is 0 Å². The second kappa shape index (κ2) is 11.3. The molecule has 0 saturated heterocycles. The van der Waals surface area contributed by atoms with Crippen LogP contribution in [0.5, 0.6) is 5.75 Å². The number of halogens is 1. The number of rotatable bonds is 12. The molecule has 34 heavy (non-hydrogen) atoms. The number of hydrogen-bond acceptors (Lipinski definition) is 5. The average molecular weight is 475 g/mol. The van der Waals surface area contributed by atoms with Gasteiger partial charge in [-0.1, -0.05) is 12.5 Å². The van der Waals surface area contributed by atoms with E-state index >= 15 is 0 Å². The highest BCUT2D eigenvalue weighted by atomic mass is 19.1. The molecule has 0 aliphatic heterocycles. The Morgan fingerprint density at radius 3 is 2.35 bits per heavy atom. The predicted octanol–water partition coefficient (Wildman–Crippen LogP) is 5.64. The summed E-state index contributed by atoms with van der Waals surface area (Å²) < 4.78 is 32.8. The lowest BCUT2D eigenvalue weighted by Crippen LogP contribution is -2.27. The fourth-order valence-corrected chi connectivity index (χ4v) is 5.69. The molecule has 1 aromatic carbocycles. The summed E-state index contributed by atoms with van der Waals surface area (Å²) in [7, 11) is 0. The lowest BCUT2D eigenvalue weighted by molar-refractivity contribution is -0.123. The lowest BCUT2D eigenvalue weighted by Gasteiger charge is -2.31. The fraction of sp³-hybridized carbons (Fsp3) is 0.714. The Kier molecular flexibility index (Phi) is 8.41. The summed E-state index contributed by atoms with van der Waals surface area (Å²) >= 11 is 0. The van der Waals surface area contributed by atoms with Crippen molar-refractivity contribution >= 4 is 11.6 Å². The minimum absolute atomic E-state index is 0.0665. The highest BCUT2D eigenvalue weighted by molar-refractivity contribution is 5.85. The first-order valence-corrected chi connectivity index (χ1v) is 13.0. The van der Waals surface area contributed by atoms with E-state index in [2.05, 4.69) is 0 Å². The van der Waals surface area contributed by atoms with E-state index in [1.807, 2.05) is 6.07 Å². The Balaban J connectivity index is 1.26. The largest absolute Gasteiger partial charge is 0.492 e. The van der Waals surface area contributed by atoms with Gasteiger partial charge in [0.15, 0.2) is 5.78 Å². The summed E-state index contributed by atoms with van der Waals surface area (Å²) in [5, 5.41) is 0. The van der Waals surface area contributed by atoms with Crippen LogP contribution in [0.4, 0.5) is 4.39 Å². The molecule has 2 atom stereocenters. The second-order valence-corrected chi connectivity index (χ2v) is 10.8. The van der Waals surface area contributed by atoms with Crippen LogP contribution < -0.4 is 4.74 Å². The van der Waals surface area contributed by atoms with Crippen molar-refractivity contribution < 1.29 is 28.2 Å². The molecule has 0 amide bonds. The number of Topliss-reactive ketones (excluding diaryl/α,β-unsaturated/α-hetero) is 2. The standard InChI is InChI=1S/C28H39FO5/c1-19(30)15-32-16-22-5-3-6-23(22)17-33-24-11-9-21(10-12-24)27-25(29)7-4-8-26(27)34-18-28(13-14-28)20(2)31/h4,7-8,21-24H,3,5-6,9-18H2,1-2H3/t21?,22-,23-,24?/m0/s1. The summed E-state index contributed by atoms with van der Waals surface area (Å²) in [6, 6.07) is 5.04. The maximum Gasteiger partial charge on any atom is 0.155 e. The van der Waals surface area contributed by atoms with Crippen LogP contribution in [0.3, 0.4) is 0 Å². The fourth-order valence-electron chi connectivity index (χ4n) is 5.69. The molecule has 0 heterocycles. The first kappa shape index (κ1) is 25.3. The highest BCUT2D eigenvalue weighted by Crippen LogP contribution is 2.47. The predicted molar refractivity (Wildman–Crippen MR) is 128 cm³/mol. The van der Waals surface area contributed by atoms with Crippen molar-refractivity contribution in [3.8, 4) is 5.75 Å². The first-order valence-electron chi connectivity index (χ1n) is 13.0. The summed E-state index contributed by atoms with van der Waals surface area (Å²) in [5.41, 5.74) is 0.309. The van der Waals surface area contributed by atoms with Gasteiger partial charge in [0, 0.05) is 5.56 Å². The molecule has 4 rings (SSSR count). The highest BCUT2D eigenvalue weighted by Gasteiger charge is 2.48. The van der Waals surface area contributed by atoms with E-state index in [1.165, 1.54) is 12.5 Å². The molecular weight excluding hydrogens is 435 g/mol. The Labute approximate surface area is 202 Å². The van der Waals surface area contributed by atoms with Gasteiger partial charge in [-0.2, -0.15) is 0 Å². The Morgan fingerprint density at radius 2 is 1.71 bits per heavy atom. The zero-order chi connectivity index (χ0) is 24.1. The molecule has 0 N–H and O–H groups in total. The molecule has 0 aromatic heterocycles. The van der Waals surface area contributed by atoms with Crippen LogP contribution in [-0.4, -0.2) is 44.1 Å². The van der Waals surface area contributed by atoms with E-state index in [-0.39, 0.29) is 41.4 Å². The third kappa shape index (κ3) is 6.25. The third-order valence-electron chi connectivity index (χ3n) is 8.20. The van der Waals surface area contributed by atoms with E-state index in [9.17, 15) is 14.0 Å². The Morgan fingerprint density at radius 1 is 1.00 bits per heavy atom.